The van der Waals surface area contributed by atoms with Crippen LogP contribution < -0.4 is 10.2 Å². The highest BCUT2D eigenvalue weighted by atomic mass is 19.1. The van der Waals surface area contributed by atoms with Crippen molar-refractivity contribution in [2.75, 3.05) is 24.5 Å². The monoisotopic (exact) mass is 349 g/mol. The van der Waals surface area contributed by atoms with Gasteiger partial charge in [-0.2, -0.15) is 0 Å². The Morgan fingerprint density at radius 2 is 2.00 bits per heavy atom. The van der Waals surface area contributed by atoms with Gasteiger partial charge in [-0.25, -0.2) is 9.18 Å². The maximum Gasteiger partial charge on any atom is 0.317 e. The van der Waals surface area contributed by atoms with Gasteiger partial charge in [0.05, 0.1) is 17.9 Å². The molecule has 0 radical (unpaired) electrons. The van der Waals surface area contributed by atoms with Gasteiger partial charge in [0.25, 0.3) is 0 Å². The van der Waals surface area contributed by atoms with Crippen LogP contribution in [0.1, 0.15) is 39.2 Å². The van der Waals surface area contributed by atoms with Gasteiger partial charge in [0.2, 0.25) is 0 Å². The van der Waals surface area contributed by atoms with Gasteiger partial charge in [-0.15, -0.1) is 0 Å². The number of urea groups is 1. The van der Waals surface area contributed by atoms with E-state index in [0.717, 1.165) is 18.4 Å². The molecule has 1 saturated heterocycles. The van der Waals surface area contributed by atoms with Crippen molar-refractivity contribution in [3.63, 3.8) is 0 Å². The summed E-state index contributed by atoms with van der Waals surface area (Å²) in [6, 6.07) is 5.53. The quantitative estimate of drug-likeness (QED) is 0.888. The van der Waals surface area contributed by atoms with E-state index in [1.54, 1.807) is 6.07 Å². The number of carbonyl (C=O) groups is 1. The summed E-state index contributed by atoms with van der Waals surface area (Å²) in [7, 11) is 0. The third kappa shape index (κ3) is 4.42. The Bertz CT molecular complexity index is 611. The molecular formula is C19H28FN3O2. The van der Waals surface area contributed by atoms with Crippen molar-refractivity contribution < 1.29 is 13.9 Å². The first-order valence-corrected chi connectivity index (χ1v) is 9.21. The van der Waals surface area contributed by atoms with Crippen molar-refractivity contribution in [1.82, 2.24) is 10.2 Å². The normalized spacial score (nSPS) is 23.4. The van der Waals surface area contributed by atoms with Gasteiger partial charge in [-0.1, -0.05) is 6.07 Å². The lowest BCUT2D eigenvalue weighted by atomic mass is 10.1. The first-order chi connectivity index (χ1) is 12.0. The molecule has 25 heavy (non-hydrogen) atoms. The topological polar surface area (TPSA) is 44.8 Å². The number of benzene rings is 1. The predicted molar refractivity (Wildman–Crippen MR) is 96.3 cm³/mol. The Labute approximate surface area is 149 Å². The molecule has 0 aromatic heterocycles. The Kier molecular flexibility index (Phi) is 5.47. The van der Waals surface area contributed by atoms with E-state index in [9.17, 15) is 9.18 Å². The van der Waals surface area contributed by atoms with E-state index in [1.807, 2.05) is 36.6 Å². The van der Waals surface area contributed by atoms with Crippen LogP contribution in [0.5, 0.6) is 0 Å². The highest BCUT2D eigenvalue weighted by Gasteiger charge is 2.31. The molecule has 1 saturated carbocycles. The van der Waals surface area contributed by atoms with Crippen LogP contribution >= 0.6 is 0 Å². The van der Waals surface area contributed by atoms with E-state index in [0.29, 0.717) is 37.9 Å². The highest BCUT2D eigenvalue weighted by Crippen LogP contribution is 2.27. The van der Waals surface area contributed by atoms with Crippen LogP contribution in [0.2, 0.25) is 0 Å². The number of hydrogen-bond donors (Lipinski definition) is 1. The minimum atomic E-state index is -0.248. The molecule has 2 atom stereocenters. The number of amides is 2. The Morgan fingerprint density at radius 3 is 2.56 bits per heavy atom. The van der Waals surface area contributed by atoms with Crippen molar-refractivity contribution >= 4 is 11.7 Å². The van der Waals surface area contributed by atoms with Crippen molar-refractivity contribution in [3.05, 3.63) is 29.6 Å². The fraction of sp³-hybridized carbons (Fsp3) is 0.632. The number of ether oxygens (including phenoxy) is 1. The molecule has 2 fully saturated rings. The van der Waals surface area contributed by atoms with E-state index in [1.165, 1.54) is 6.07 Å². The summed E-state index contributed by atoms with van der Waals surface area (Å²) in [6.45, 7) is 8.41. The zero-order valence-electron chi connectivity index (χ0n) is 15.3. The van der Waals surface area contributed by atoms with Crippen LogP contribution in [0.4, 0.5) is 14.9 Å². The lowest BCUT2D eigenvalue weighted by Crippen LogP contribution is -2.45. The summed E-state index contributed by atoms with van der Waals surface area (Å²) in [4.78, 5) is 16.1. The molecule has 1 aliphatic carbocycles. The van der Waals surface area contributed by atoms with Crippen molar-refractivity contribution in [2.24, 2.45) is 0 Å². The van der Waals surface area contributed by atoms with Crippen LogP contribution in [-0.2, 0) is 11.3 Å². The second-order valence-electron chi connectivity index (χ2n) is 7.12. The van der Waals surface area contributed by atoms with E-state index in [4.69, 9.17) is 4.74 Å². The Hall–Kier alpha value is -1.82. The summed E-state index contributed by atoms with van der Waals surface area (Å²) >= 11 is 0. The van der Waals surface area contributed by atoms with Crippen molar-refractivity contribution in [1.29, 1.82) is 0 Å². The summed E-state index contributed by atoms with van der Waals surface area (Å²) in [5.74, 6) is -0.248. The van der Waals surface area contributed by atoms with Gasteiger partial charge in [0.15, 0.2) is 0 Å². The molecule has 0 bridgehead atoms. The molecule has 0 unspecified atom stereocenters. The lowest BCUT2D eigenvalue weighted by Gasteiger charge is -2.37. The second-order valence-corrected chi connectivity index (χ2v) is 7.12. The summed E-state index contributed by atoms with van der Waals surface area (Å²) in [5, 5.41) is 2.90. The zero-order chi connectivity index (χ0) is 18.0. The van der Waals surface area contributed by atoms with Crippen LogP contribution in [-0.4, -0.2) is 48.8 Å². The summed E-state index contributed by atoms with van der Waals surface area (Å²) in [5.41, 5.74) is 1.38. The smallest absolute Gasteiger partial charge is 0.317 e. The van der Waals surface area contributed by atoms with Gasteiger partial charge in [-0.05, 0) is 51.3 Å². The molecule has 3 rings (SSSR count). The fourth-order valence-electron chi connectivity index (χ4n) is 3.52. The molecule has 1 N–H and O–H groups in total. The molecule has 1 heterocycles. The minimum absolute atomic E-state index is 0.0645. The largest absolute Gasteiger partial charge is 0.372 e. The molecule has 1 aliphatic heterocycles. The number of morpholine rings is 1. The van der Waals surface area contributed by atoms with Gasteiger partial charge >= 0.3 is 6.03 Å². The van der Waals surface area contributed by atoms with Gasteiger partial charge in [0.1, 0.15) is 5.82 Å². The number of hydrogen-bond acceptors (Lipinski definition) is 3. The molecular weight excluding hydrogens is 321 g/mol. The minimum Gasteiger partial charge on any atom is -0.372 e. The third-order valence-electron chi connectivity index (χ3n) is 4.81. The van der Waals surface area contributed by atoms with Crippen LogP contribution in [0.15, 0.2) is 18.2 Å². The average molecular weight is 349 g/mol. The number of nitrogens with zero attached hydrogens (tertiary/aromatic N) is 2. The first-order valence-electron chi connectivity index (χ1n) is 9.21. The zero-order valence-corrected chi connectivity index (χ0v) is 15.3. The highest BCUT2D eigenvalue weighted by molar-refractivity contribution is 5.74. The number of halogens is 1. The number of nitrogens with one attached hydrogen (secondary N) is 1. The first kappa shape index (κ1) is 18.0. The predicted octanol–water partition coefficient (Wildman–Crippen LogP) is 3.13. The summed E-state index contributed by atoms with van der Waals surface area (Å²) < 4.78 is 20.3. The van der Waals surface area contributed by atoms with Gasteiger partial charge in [0, 0.05) is 32.2 Å². The number of anilines is 1. The summed E-state index contributed by atoms with van der Waals surface area (Å²) in [6.07, 6.45) is 2.34. The standard InChI is InChI=1S/C19H28FN3O2/c1-4-23(16-6-7-16)19(24)21-10-15-5-8-18(17(20)9-15)22-11-13(2)25-14(3)12-22/h5,8-9,13-14,16H,4,6-7,10-12H2,1-3H3,(H,21,24)/t13-,14-/m1/s1. The molecule has 6 heteroatoms. The molecule has 2 amide bonds. The second kappa shape index (κ2) is 7.60. The number of carbonyl (C=O) groups excluding carboxylic acids is 1. The van der Waals surface area contributed by atoms with Crippen LogP contribution in [0.25, 0.3) is 0 Å². The van der Waals surface area contributed by atoms with Crippen molar-refractivity contribution in [2.45, 2.75) is 58.4 Å². The molecule has 5 nitrogen and oxygen atoms in total. The van der Waals surface area contributed by atoms with Gasteiger partial charge < -0.3 is 19.9 Å². The molecule has 0 spiro atoms. The molecule has 1 aromatic rings. The van der Waals surface area contributed by atoms with E-state index >= 15 is 0 Å². The Morgan fingerprint density at radius 1 is 1.32 bits per heavy atom. The van der Waals surface area contributed by atoms with Crippen LogP contribution in [0.3, 0.4) is 0 Å². The molecule has 1 aromatic carbocycles. The van der Waals surface area contributed by atoms with Crippen LogP contribution in [0, 0.1) is 5.82 Å². The molecule has 2 aliphatic rings. The average Bonchev–Trinajstić information content (AvgIpc) is 3.37. The van der Waals surface area contributed by atoms with Crippen molar-refractivity contribution in [3.8, 4) is 0 Å². The number of rotatable bonds is 5. The van der Waals surface area contributed by atoms with E-state index < -0.39 is 0 Å². The van der Waals surface area contributed by atoms with Gasteiger partial charge in [-0.3, -0.25) is 0 Å². The molecule has 138 valence electrons. The third-order valence-corrected chi connectivity index (χ3v) is 4.81. The SMILES string of the molecule is CCN(C(=O)NCc1ccc(N2C[C@@H](C)O[C@H](C)C2)c(F)c1)C1CC1. The Balaban J connectivity index is 1.60. The maximum absolute atomic E-state index is 14.6. The lowest BCUT2D eigenvalue weighted by molar-refractivity contribution is -0.00539. The van der Waals surface area contributed by atoms with E-state index in [2.05, 4.69) is 5.32 Å². The maximum atomic E-state index is 14.6. The fourth-order valence-corrected chi connectivity index (χ4v) is 3.52. The van der Waals surface area contributed by atoms with E-state index in [-0.39, 0.29) is 24.1 Å².